The second-order valence-electron chi connectivity index (χ2n) is 4.08. The molecule has 0 fully saturated rings. The highest BCUT2D eigenvalue weighted by molar-refractivity contribution is 9.10. The number of carbonyl (C=O) groups excluding carboxylic acids is 1. The number of halogens is 2. The van der Waals surface area contributed by atoms with Crippen LogP contribution in [-0.2, 0) is 0 Å². The van der Waals surface area contributed by atoms with Gasteiger partial charge in [-0.1, -0.05) is 15.9 Å². The molecule has 0 bridgehead atoms. The molecule has 0 aromatic heterocycles. The van der Waals surface area contributed by atoms with Crippen LogP contribution in [0, 0.1) is 17.1 Å². The van der Waals surface area contributed by atoms with E-state index in [1.165, 1.54) is 12.1 Å². The van der Waals surface area contributed by atoms with E-state index in [0.717, 1.165) is 6.07 Å². The van der Waals surface area contributed by atoms with E-state index >= 15 is 0 Å². The normalized spacial score (nSPS) is 9.76. The zero-order valence-electron chi connectivity index (χ0n) is 10.8. The lowest BCUT2D eigenvalue weighted by molar-refractivity contribution is 0.102. The summed E-state index contributed by atoms with van der Waals surface area (Å²) >= 11 is 3.14. The molecule has 0 heterocycles. The lowest BCUT2D eigenvalue weighted by Crippen LogP contribution is -2.12. The van der Waals surface area contributed by atoms with Crippen molar-refractivity contribution >= 4 is 27.5 Å². The van der Waals surface area contributed by atoms with Gasteiger partial charge >= 0.3 is 0 Å². The van der Waals surface area contributed by atoms with E-state index < -0.39 is 11.7 Å². The van der Waals surface area contributed by atoms with Crippen LogP contribution in [0.25, 0.3) is 0 Å². The number of hydrogen-bond acceptors (Lipinski definition) is 3. The van der Waals surface area contributed by atoms with Crippen LogP contribution in [0.5, 0.6) is 5.75 Å². The second kappa shape index (κ2) is 6.86. The second-order valence-corrected chi connectivity index (χ2v) is 5.00. The molecule has 0 saturated heterocycles. The molecule has 0 spiro atoms. The highest BCUT2D eigenvalue weighted by atomic mass is 79.9. The number of benzene rings is 2. The quantitative estimate of drug-likeness (QED) is 0.915. The van der Waals surface area contributed by atoms with E-state index in [2.05, 4.69) is 21.2 Å². The van der Waals surface area contributed by atoms with Gasteiger partial charge in [-0.25, -0.2) is 4.39 Å². The average molecular weight is 349 g/mol. The average Bonchev–Trinajstić information content (AvgIpc) is 2.45. The Morgan fingerprint density at radius 3 is 2.62 bits per heavy atom. The van der Waals surface area contributed by atoms with Crippen LogP contribution in [0.15, 0.2) is 46.9 Å². The third-order valence-electron chi connectivity index (χ3n) is 2.54. The first-order chi connectivity index (χ1) is 10.1. The van der Waals surface area contributed by atoms with Crippen LogP contribution in [0.1, 0.15) is 10.4 Å². The minimum Gasteiger partial charge on any atom is -0.479 e. The maximum Gasteiger partial charge on any atom is 0.255 e. The van der Waals surface area contributed by atoms with E-state index in [-0.39, 0.29) is 12.2 Å². The van der Waals surface area contributed by atoms with Crippen molar-refractivity contribution in [2.45, 2.75) is 0 Å². The van der Waals surface area contributed by atoms with Crippen molar-refractivity contribution in [1.82, 2.24) is 0 Å². The largest absolute Gasteiger partial charge is 0.479 e. The monoisotopic (exact) mass is 348 g/mol. The number of ether oxygens (including phenoxy) is 1. The fourth-order valence-electron chi connectivity index (χ4n) is 1.64. The molecule has 0 aliphatic rings. The van der Waals surface area contributed by atoms with Crippen molar-refractivity contribution < 1.29 is 13.9 Å². The molecule has 1 N–H and O–H groups in total. The lowest BCUT2D eigenvalue weighted by Gasteiger charge is -2.07. The summed E-state index contributed by atoms with van der Waals surface area (Å²) in [5.41, 5.74) is 0.761. The lowest BCUT2D eigenvalue weighted by atomic mass is 10.2. The molecule has 0 aliphatic carbocycles. The van der Waals surface area contributed by atoms with Crippen molar-refractivity contribution in [2.24, 2.45) is 0 Å². The molecule has 2 rings (SSSR count). The molecular formula is C15H10BrFN2O2. The number of rotatable bonds is 4. The van der Waals surface area contributed by atoms with Gasteiger partial charge in [-0.3, -0.25) is 4.79 Å². The van der Waals surface area contributed by atoms with Gasteiger partial charge in [0.25, 0.3) is 5.91 Å². The molecule has 21 heavy (non-hydrogen) atoms. The fraction of sp³-hybridized carbons (Fsp3) is 0.0667. The van der Waals surface area contributed by atoms with Crippen LogP contribution >= 0.6 is 15.9 Å². The van der Waals surface area contributed by atoms with Gasteiger partial charge in [0.05, 0.1) is 0 Å². The van der Waals surface area contributed by atoms with Gasteiger partial charge < -0.3 is 10.1 Å². The SMILES string of the molecule is N#CCOc1ccc(NC(=O)c2cc(F)cc(Br)c2)cc1. The summed E-state index contributed by atoms with van der Waals surface area (Å²) in [6, 6.07) is 12.4. The molecule has 4 nitrogen and oxygen atoms in total. The first kappa shape index (κ1) is 15.0. The first-order valence-corrected chi connectivity index (χ1v) is 6.75. The third-order valence-corrected chi connectivity index (χ3v) is 3.00. The smallest absolute Gasteiger partial charge is 0.255 e. The Hall–Kier alpha value is -2.39. The van der Waals surface area contributed by atoms with Gasteiger partial charge in [0, 0.05) is 15.7 Å². The van der Waals surface area contributed by atoms with E-state index in [9.17, 15) is 9.18 Å². The maximum atomic E-state index is 13.2. The predicted octanol–water partition coefficient (Wildman–Crippen LogP) is 3.74. The molecular weight excluding hydrogens is 339 g/mol. The highest BCUT2D eigenvalue weighted by Gasteiger charge is 2.08. The number of hydrogen-bond donors (Lipinski definition) is 1. The Kier molecular flexibility index (Phi) is 4.90. The van der Waals surface area contributed by atoms with Crippen LogP contribution in [0.3, 0.4) is 0 Å². The number of nitrogens with zero attached hydrogens (tertiary/aromatic N) is 1. The zero-order valence-corrected chi connectivity index (χ0v) is 12.4. The van der Waals surface area contributed by atoms with Crippen LogP contribution in [0.4, 0.5) is 10.1 Å². The van der Waals surface area contributed by atoms with Crippen LogP contribution < -0.4 is 10.1 Å². The Morgan fingerprint density at radius 1 is 1.29 bits per heavy atom. The third kappa shape index (κ3) is 4.29. The first-order valence-electron chi connectivity index (χ1n) is 5.96. The summed E-state index contributed by atoms with van der Waals surface area (Å²) in [6.45, 7) is -0.0387. The standard InChI is InChI=1S/C15H10BrFN2O2/c16-11-7-10(8-12(17)9-11)15(20)19-13-1-3-14(4-2-13)21-6-5-18/h1-4,7-9H,6H2,(H,19,20). The minimum atomic E-state index is -0.491. The van der Waals surface area contributed by atoms with Gasteiger partial charge in [0.1, 0.15) is 17.6 Å². The summed E-state index contributed by atoms with van der Waals surface area (Å²) in [5, 5.41) is 11.1. The van der Waals surface area contributed by atoms with Gasteiger partial charge in [0.15, 0.2) is 6.61 Å². The summed E-state index contributed by atoms with van der Waals surface area (Å²) < 4.78 is 18.8. The Bertz CT molecular complexity index is 676. The van der Waals surface area contributed by atoms with Crippen molar-refractivity contribution in [3.05, 3.63) is 58.3 Å². The number of anilines is 1. The van der Waals surface area contributed by atoms with Gasteiger partial charge in [-0.15, -0.1) is 0 Å². The summed E-state index contributed by atoms with van der Waals surface area (Å²) in [4.78, 5) is 12.0. The summed E-state index contributed by atoms with van der Waals surface area (Å²) in [7, 11) is 0. The van der Waals surface area contributed by atoms with Gasteiger partial charge in [-0.05, 0) is 42.5 Å². The minimum absolute atomic E-state index is 0.0387. The highest BCUT2D eigenvalue weighted by Crippen LogP contribution is 2.18. The van der Waals surface area contributed by atoms with E-state index in [0.29, 0.717) is 15.9 Å². The van der Waals surface area contributed by atoms with E-state index in [1.54, 1.807) is 24.3 Å². The number of amides is 1. The Morgan fingerprint density at radius 2 is 2.00 bits per heavy atom. The predicted molar refractivity (Wildman–Crippen MR) is 79.6 cm³/mol. The molecule has 0 atom stereocenters. The molecule has 6 heteroatoms. The molecule has 1 amide bonds. The molecule has 0 aliphatic heterocycles. The number of nitrogens with one attached hydrogen (secondary N) is 1. The summed E-state index contributed by atoms with van der Waals surface area (Å²) in [5.74, 6) is -0.376. The van der Waals surface area contributed by atoms with Gasteiger partial charge in [-0.2, -0.15) is 5.26 Å². The number of nitriles is 1. The molecule has 106 valence electrons. The summed E-state index contributed by atoms with van der Waals surface area (Å²) in [6.07, 6.45) is 0. The zero-order chi connectivity index (χ0) is 15.2. The molecule has 0 radical (unpaired) electrons. The van der Waals surface area contributed by atoms with E-state index in [1.807, 2.05) is 6.07 Å². The fourth-order valence-corrected chi connectivity index (χ4v) is 2.10. The molecule has 0 saturated carbocycles. The van der Waals surface area contributed by atoms with Gasteiger partial charge in [0.2, 0.25) is 0 Å². The van der Waals surface area contributed by atoms with Crippen LogP contribution in [-0.4, -0.2) is 12.5 Å². The molecule has 0 unspecified atom stereocenters. The maximum absolute atomic E-state index is 13.2. The Labute approximate surface area is 129 Å². The van der Waals surface area contributed by atoms with Crippen molar-refractivity contribution in [2.75, 3.05) is 11.9 Å². The van der Waals surface area contributed by atoms with Crippen molar-refractivity contribution in [3.8, 4) is 11.8 Å². The van der Waals surface area contributed by atoms with Crippen molar-refractivity contribution in [1.29, 1.82) is 5.26 Å². The van der Waals surface area contributed by atoms with Crippen LogP contribution in [0.2, 0.25) is 0 Å². The number of carbonyl (C=O) groups is 1. The van der Waals surface area contributed by atoms with Crippen molar-refractivity contribution in [3.63, 3.8) is 0 Å². The van der Waals surface area contributed by atoms with E-state index in [4.69, 9.17) is 10.00 Å². The molecule has 2 aromatic carbocycles. The topological polar surface area (TPSA) is 62.1 Å². The Balaban J connectivity index is 2.07. The molecule has 2 aromatic rings.